The van der Waals surface area contributed by atoms with Crippen LogP contribution in [-0.2, 0) is 37.3 Å². The van der Waals surface area contributed by atoms with E-state index in [1.165, 1.54) is 16.0 Å². The minimum Gasteiger partial charge on any atom is -0.309 e. The number of rotatable bonds is 6. The second-order valence-corrected chi connectivity index (χ2v) is 8.34. The van der Waals surface area contributed by atoms with E-state index in [0.717, 1.165) is 13.0 Å². The van der Waals surface area contributed by atoms with E-state index in [9.17, 15) is 18.0 Å². The van der Waals surface area contributed by atoms with Crippen molar-refractivity contribution in [3.05, 3.63) is 35.4 Å². The van der Waals surface area contributed by atoms with Crippen molar-refractivity contribution in [2.24, 2.45) is 0 Å². The number of hydroxylamine groups is 3. The van der Waals surface area contributed by atoms with E-state index in [1.807, 2.05) is 12.1 Å². The summed E-state index contributed by atoms with van der Waals surface area (Å²) in [5.41, 5.74) is 4.88. The average Bonchev–Trinajstić information content (AvgIpc) is 2.91. The highest BCUT2D eigenvalue weighted by atomic mass is 32.3. The zero-order chi connectivity index (χ0) is 20.6. The van der Waals surface area contributed by atoms with Crippen LogP contribution in [0.25, 0.3) is 0 Å². The molecule has 3 amide bonds. The van der Waals surface area contributed by atoms with Gasteiger partial charge in [0.05, 0.1) is 12.6 Å². The fourth-order valence-corrected chi connectivity index (χ4v) is 4.41. The van der Waals surface area contributed by atoms with Crippen LogP contribution >= 0.6 is 0 Å². The molecule has 0 aromatic heterocycles. The van der Waals surface area contributed by atoms with E-state index in [4.69, 9.17) is 9.39 Å². The number of hydrogen-bond acceptors (Lipinski definition) is 7. The number of nitrogens with one attached hydrogen (secondary N) is 2. The lowest BCUT2D eigenvalue weighted by Gasteiger charge is -2.29. The zero-order valence-electron chi connectivity index (χ0n) is 15.5. The highest BCUT2D eigenvalue weighted by Crippen LogP contribution is 2.30. The van der Waals surface area contributed by atoms with Gasteiger partial charge in [0.2, 0.25) is 0 Å². The quantitative estimate of drug-likeness (QED) is 0.418. The minimum atomic E-state index is -4.82. The molecule has 12 heteroatoms. The summed E-state index contributed by atoms with van der Waals surface area (Å²) in [5, 5.41) is 3.95. The lowest BCUT2D eigenvalue weighted by atomic mass is 9.96. The van der Waals surface area contributed by atoms with Gasteiger partial charge in [0.15, 0.2) is 0 Å². The van der Waals surface area contributed by atoms with Crippen molar-refractivity contribution in [1.29, 1.82) is 0 Å². The molecule has 0 aliphatic carbocycles. The number of hydrogen-bond donors (Lipinski definition) is 3. The second-order valence-electron chi connectivity index (χ2n) is 7.34. The molecule has 2 bridgehead atoms. The van der Waals surface area contributed by atoms with Crippen LogP contribution in [-0.4, -0.2) is 66.1 Å². The molecule has 3 N–H and O–H groups in total. The Hall–Kier alpha value is -2.25. The lowest BCUT2D eigenvalue weighted by Crippen LogP contribution is -2.50. The van der Waals surface area contributed by atoms with Gasteiger partial charge < -0.3 is 10.2 Å². The van der Waals surface area contributed by atoms with Crippen LogP contribution in [0.5, 0.6) is 0 Å². The molecule has 11 nitrogen and oxygen atoms in total. The van der Waals surface area contributed by atoms with E-state index in [-0.39, 0.29) is 19.2 Å². The van der Waals surface area contributed by atoms with Gasteiger partial charge in [0.1, 0.15) is 6.04 Å². The first-order valence-electron chi connectivity index (χ1n) is 9.30. The van der Waals surface area contributed by atoms with E-state index in [0.29, 0.717) is 17.9 Å². The van der Waals surface area contributed by atoms with Gasteiger partial charge in [0, 0.05) is 19.1 Å². The molecule has 3 heterocycles. The summed E-state index contributed by atoms with van der Waals surface area (Å²) in [4.78, 5) is 31.4. The number of urea groups is 1. The van der Waals surface area contributed by atoms with Crippen molar-refractivity contribution in [3.8, 4) is 0 Å². The Kier molecular flexibility index (Phi) is 5.44. The molecular weight excluding hydrogens is 404 g/mol. The smallest absolute Gasteiger partial charge is 0.309 e. The van der Waals surface area contributed by atoms with Crippen molar-refractivity contribution in [1.82, 2.24) is 20.8 Å². The first kappa shape index (κ1) is 20.0. The molecule has 4 rings (SSSR count). The van der Waals surface area contributed by atoms with Gasteiger partial charge in [0.25, 0.3) is 5.91 Å². The molecule has 3 aliphatic rings. The third kappa shape index (κ3) is 4.36. The Balaban J connectivity index is 1.28. The van der Waals surface area contributed by atoms with E-state index >= 15 is 0 Å². The van der Waals surface area contributed by atoms with Crippen LogP contribution in [0.1, 0.15) is 24.0 Å². The van der Waals surface area contributed by atoms with Crippen LogP contribution in [0.2, 0.25) is 0 Å². The predicted octanol–water partition coefficient (Wildman–Crippen LogP) is -0.248. The summed E-state index contributed by atoms with van der Waals surface area (Å²) in [5.74, 6) is -0.485. The van der Waals surface area contributed by atoms with Crippen molar-refractivity contribution < 1.29 is 31.7 Å². The number of benzene rings is 1. The van der Waals surface area contributed by atoms with E-state index < -0.39 is 34.4 Å². The van der Waals surface area contributed by atoms with E-state index in [1.54, 1.807) is 0 Å². The normalized spacial score (nSPS) is 26.4. The zero-order valence-corrected chi connectivity index (χ0v) is 16.3. The monoisotopic (exact) mass is 426 g/mol. The lowest BCUT2D eigenvalue weighted by molar-refractivity contribution is -0.139. The van der Waals surface area contributed by atoms with Gasteiger partial charge >= 0.3 is 16.4 Å². The number of piperidine rings is 1. The summed E-state index contributed by atoms with van der Waals surface area (Å²) < 4.78 is 35.0. The summed E-state index contributed by atoms with van der Waals surface area (Å²) in [6.07, 6.45) is 1.46. The van der Waals surface area contributed by atoms with Gasteiger partial charge in [-0.25, -0.2) is 10.3 Å². The summed E-state index contributed by atoms with van der Waals surface area (Å²) in [6.45, 7) is 1.13. The summed E-state index contributed by atoms with van der Waals surface area (Å²) in [6, 6.07) is 6.05. The fraction of sp³-hybridized carbons (Fsp3) is 0.529. The van der Waals surface area contributed by atoms with Crippen LogP contribution in [0.15, 0.2) is 24.3 Å². The molecule has 29 heavy (non-hydrogen) atoms. The maximum atomic E-state index is 12.5. The number of nitrogens with zero attached hydrogens (tertiary/aromatic N) is 2. The highest BCUT2D eigenvalue weighted by molar-refractivity contribution is 7.80. The number of carbonyl (C=O) groups excluding carboxylic acids is 2. The third-order valence-corrected chi connectivity index (χ3v) is 5.77. The molecule has 0 spiro atoms. The highest BCUT2D eigenvalue weighted by Gasteiger charge is 2.49. The first-order chi connectivity index (χ1) is 13.8. The van der Waals surface area contributed by atoms with Crippen molar-refractivity contribution in [2.75, 3.05) is 13.2 Å². The minimum absolute atomic E-state index is 0.0491. The molecule has 1 aromatic rings. The summed E-state index contributed by atoms with van der Waals surface area (Å²) in [7, 11) is -4.82. The molecule has 1 aromatic carbocycles. The van der Waals surface area contributed by atoms with E-state index in [2.05, 4.69) is 27.2 Å². The molecule has 0 radical (unpaired) electrons. The number of fused-ring (bicyclic) bond motifs is 3. The molecule has 158 valence electrons. The van der Waals surface area contributed by atoms with Gasteiger partial charge in [-0.05, 0) is 30.4 Å². The third-order valence-electron chi connectivity index (χ3n) is 5.42. The number of carbonyl (C=O) groups is 2. The van der Waals surface area contributed by atoms with Crippen molar-refractivity contribution >= 4 is 22.3 Å². The maximum absolute atomic E-state index is 12.5. The standard InChI is InChI=1S/C17H22N4O7S/c22-16(19-27-10-13-7-11-3-1-2-4-12(11)8-18-13)15-6-5-14-9-20(15)17(23)21(14)28-29(24,25)26/h1-4,13-15,18H,5-10H2,(H,19,22)(H,24,25,26)/t13-,14?,15?/m0/s1. The maximum Gasteiger partial charge on any atom is 0.418 e. The van der Waals surface area contributed by atoms with Gasteiger partial charge in [-0.1, -0.05) is 24.3 Å². The molecule has 3 aliphatic heterocycles. The average molecular weight is 426 g/mol. The topological polar surface area (TPSA) is 138 Å². The Morgan fingerprint density at radius 1 is 1.28 bits per heavy atom. The van der Waals surface area contributed by atoms with Crippen LogP contribution < -0.4 is 10.8 Å². The van der Waals surface area contributed by atoms with Crippen LogP contribution in [0.3, 0.4) is 0 Å². The van der Waals surface area contributed by atoms with Gasteiger partial charge in [-0.2, -0.15) is 13.5 Å². The van der Waals surface area contributed by atoms with Crippen LogP contribution in [0.4, 0.5) is 4.79 Å². The molecule has 0 saturated carbocycles. The van der Waals surface area contributed by atoms with Gasteiger partial charge in [-0.3, -0.25) is 14.2 Å². The molecule has 3 atom stereocenters. The fourth-order valence-electron chi connectivity index (χ4n) is 4.02. The largest absolute Gasteiger partial charge is 0.418 e. The number of amides is 3. The van der Waals surface area contributed by atoms with Gasteiger partial charge in [-0.15, -0.1) is 4.28 Å². The molecule has 2 saturated heterocycles. The summed E-state index contributed by atoms with van der Waals surface area (Å²) >= 11 is 0. The van der Waals surface area contributed by atoms with Crippen molar-refractivity contribution in [2.45, 2.75) is 43.9 Å². The van der Waals surface area contributed by atoms with Crippen LogP contribution in [0, 0.1) is 0 Å². The Morgan fingerprint density at radius 2 is 2.03 bits per heavy atom. The molecule has 2 fully saturated rings. The first-order valence-corrected chi connectivity index (χ1v) is 10.7. The molecule has 2 unspecified atom stereocenters. The second kappa shape index (κ2) is 7.88. The predicted molar refractivity (Wildman–Crippen MR) is 98.3 cm³/mol. The Bertz CT molecular complexity index is 909. The molecular formula is C17H22N4O7S. The van der Waals surface area contributed by atoms with Crippen molar-refractivity contribution in [3.63, 3.8) is 0 Å². The SMILES string of the molecule is O=C(NOC[C@@H]1Cc2ccccc2CN1)C1CCC2CN1C(=O)N2OS(=O)(=O)O. The Labute approximate surface area is 167 Å². The Morgan fingerprint density at radius 3 is 2.79 bits per heavy atom.